The van der Waals surface area contributed by atoms with Crippen molar-refractivity contribution in [2.75, 3.05) is 10.6 Å². The SMILES string of the molecule is CCCCC(=O)Nc1cccc(SC(CC)C(=O)Nc2nc3ccc(C)cc3s2)c1. The summed E-state index contributed by atoms with van der Waals surface area (Å²) in [4.78, 5) is 30.3. The number of amides is 2. The Bertz CT molecular complexity index is 1030. The predicted octanol–water partition coefficient (Wildman–Crippen LogP) is 6.24. The van der Waals surface area contributed by atoms with Crippen LogP contribution in [-0.2, 0) is 9.59 Å². The average molecular weight is 442 g/mol. The summed E-state index contributed by atoms with van der Waals surface area (Å²) in [7, 11) is 0. The lowest BCUT2D eigenvalue weighted by atomic mass is 10.2. The molecule has 0 saturated heterocycles. The van der Waals surface area contributed by atoms with Gasteiger partial charge in [-0.1, -0.05) is 43.7 Å². The highest BCUT2D eigenvalue weighted by molar-refractivity contribution is 8.00. The number of aromatic nitrogens is 1. The van der Waals surface area contributed by atoms with Crippen LogP contribution < -0.4 is 10.6 Å². The van der Waals surface area contributed by atoms with Crippen LogP contribution in [0.25, 0.3) is 10.2 Å². The first-order chi connectivity index (χ1) is 14.5. The molecule has 5 nitrogen and oxygen atoms in total. The third-order valence-corrected chi connectivity index (χ3v) is 6.88. The van der Waals surface area contributed by atoms with Crippen molar-refractivity contribution >= 4 is 55.9 Å². The van der Waals surface area contributed by atoms with Crippen molar-refractivity contribution in [3.8, 4) is 0 Å². The Morgan fingerprint density at radius 3 is 2.73 bits per heavy atom. The largest absolute Gasteiger partial charge is 0.326 e. The van der Waals surface area contributed by atoms with Crippen molar-refractivity contribution in [1.82, 2.24) is 4.98 Å². The zero-order chi connectivity index (χ0) is 21.5. The van der Waals surface area contributed by atoms with Crippen LogP contribution in [0.15, 0.2) is 47.4 Å². The van der Waals surface area contributed by atoms with E-state index in [1.807, 2.05) is 50.2 Å². The maximum Gasteiger partial charge on any atom is 0.239 e. The van der Waals surface area contributed by atoms with Crippen LogP contribution in [-0.4, -0.2) is 22.0 Å². The number of thioether (sulfide) groups is 1. The number of hydrogen-bond acceptors (Lipinski definition) is 5. The summed E-state index contributed by atoms with van der Waals surface area (Å²) in [6.07, 6.45) is 3.08. The summed E-state index contributed by atoms with van der Waals surface area (Å²) >= 11 is 2.99. The van der Waals surface area contributed by atoms with Gasteiger partial charge < -0.3 is 10.6 Å². The molecule has 0 bridgehead atoms. The van der Waals surface area contributed by atoms with Crippen molar-refractivity contribution in [2.45, 2.75) is 56.6 Å². The minimum Gasteiger partial charge on any atom is -0.326 e. The van der Waals surface area contributed by atoms with E-state index in [0.717, 1.165) is 33.6 Å². The number of carbonyl (C=O) groups excluding carboxylic acids is 2. The van der Waals surface area contributed by atoms with Gasteiger partial charge in [0, 0.05) is 17.0 Å². The maximum atomic E-state index is 12.8. The molecule has 2 N–H and O–H groups in total. The molecule has 3 aromatic rings. The van der Waals surface area contributed by atoms with Crippen LogP contribution in [0.4, 0.5) is 10.8 Å². The fraction of sp³-hybridized carbons (Fsp3) is 0.348. The Labute approximate surface area is 185 Å². The zero-order valence-corrected chi connectivity index (χ0v) is 19.2. The second kappa shape index (κ2) is 10.6. The second-order valence-corrected chi connectivity index (χ2v) is 9.48. The number of anilines is 2. The second-order valence-electron chi connectivity index (χ2n) is 7.17. The molecule has 1 unspecified atom stereocenters. The topological polar surface area (TPSA) is 71.1 Å². The van der Waals surface area contributed by atoms with Crippen molar-refractivity contribution in [3.05, 3.63) is 48.0 Å². The van der Waals surface area contributed by atoms with Crippen molar-refractivity contribution in [3.63, 3.8) is 0 Å². The van der Waals surface area contributed by atoms with Gasteiger partial charge in [-0.15, -0.1) is 11.8 Å². The Kier molecular flexibility index (Phi) is 7.87. The summed E-state index contributed by atoms with van der Waals surface area (Å²) in [6, 6.07) is 13.7. The normalized spacial score (nSPS) is 12.0. The number of aryl methyl sites for hydroxylation is 1. The van der Waals surface area contributed by atoms with Crippen molar-refractivity contribution < 1.29 is 9.59 Å². The monoisotopic (exact) mass is 441 g/mol. The fourth-order valence-corrected chi connectivity index (χ4v) is 4.95. The van der Waals surface area contributed by atoms with Crippen LogP contribution in [0.3, 0.4) is 0 Å². The smallest absolute Gasteiger partial charge is 0.239 e. The molecule has 2 aromatic carbocycles. The molecule has 1 atom stereocenters. The lowest BCUT2D eigenvalue weighted by Crippen LogP contribution is -2.24. The van der Waals surface area contributed by atoms with E-state index < -0.39 is 0 Å². The molecule has 0 saturated carbocycles. The van der Waals surface area contributed by atoms with Gasteiger partial charge in [0.2, 0.25) is 11.8 Å². The van der Waals surface area contributed by atoms with Gasteiger partial charge in [-0.05, 0) is 55.7 Å². The number of nitrogens with zero attached hydrogens (tertiary/aromatic N) is 1. The van der Waals surface area contributed by atoms with Crippen LogP contribution >= 0.6 is 23.1 Å². The first-order valence-corrected chi connectivity index (χ1v) is 11.9. The third kappa shape index (κ3) is 6.06. The van der Waals surface area contributed by atoms with E-state index in [1.54, 1.807) is 0 Å². The number of fused-ring (bicyclic) bond motifs is 1. The Morgan fingerprint density at radius 1 is 1.13 bits per heavy atom. The summed E-state index contributed by atoms with van der Waals surface area (Å²) < 4.78 is 1.07. The van der Waals surface area contributed by atoms with Gasteiger partial charge in [0.15, 0.2) is 5.13 Å². The van der Waals surface area contributed by atoms with E-state index in [-0.39, 0.29) is 17.1 Å². The number of carbonyl (C=O) groups is 2. The first-order valence-electron chi connectivity index (χ1n) is 10.2. The van der Waals surface area contributed by atoms with Gasteiger partial charge >= 0.3 is 0 Å². The van der Waals surface area contributed by atoms with Crippen molar-refractivity contribution in [2.24, 2.45) is 0 Å². The minimum absolute atomic E-state index is 0.0230. The molecule has 158 valence electrons. The van der Waals surface area contributed by atoms with Gasteiger partial charge in [-0.25, -0.2) is 4.98 Å². The quantitative estimate of drug-likeness (QED) is 0.385. The van der Waals surface area contributed by atoms with Crippen LogP contribution in [0.1, 0.15) is 45.1 Å². The molecular formula is C23H27N3O2S2. The van der Waals surface area contributed by atoms with E-state index in [2.05, 4.69) is 28.6 Å². The van der Waals surface area contributed by atoms with E-state index in [9.17, 15) is 9.59 Å². The fourth-order valence-electron chi connectivity index (χ4n) is 2.97. The number of thiazole rings is 1. The van der Waals surface area contributed by atoms with E-state index in [0.29, 0.717) is 18.0 Å². The molecule has 0 aliphatic rings. The molecule has 1 aromatic heterocycles. The lowest BCUT2D eigenvalue weighted by Gasteiger charge is -2.14. The number of nitrogens with one attached hydrogen (secondary N) is 2. The molecular weight excluding hydrogens is 414 g/mol. The van der Waals surface area contributed by atoms with Crippen LogP contribution in [0.2, 0.25) is 0 Å². The summed E-state index contributed by atoms with van der Waals surface area (Å²) in [5, 5.41) is 6.28. The molecule has 3 rings (SSSR count). The van der Waals surface area contributed by atoms with E-state index in [1.165, 1.54) is 28.7 Å². The maximum absolute atomic E-state index is 12.8. The molecule has 1 heterocycles. The number of hydrogen-bond donors (Lipinski definition) is 2. The molecule has 2 amide bonds. The molecule has 0 aliphatic carbocycles. The Hall–Kier alpha value is -2.38. The molecule has 30 heavy (non-hydrogen) atoms. The molecule has 7 heteroatoms. The standard InChI is InChI=1S/C23H27N3O2S2/c1-4-6-10-21(27)24-16-8-7-9-17(14-16)29-19(5-2)22(28)26-23-25-18-12-11-15(3)13-20(18)30-23/h7-9,11-14,19H,4-6,10H2,1-3H3,(H,24,27)(H,25,26,28). The van der Waals surface area contributed by atoms with Crippen LogP contribution in [0.5, 0.6) is 0 Å². The molecule has 0 spiro atoms. The first kappa shape index (κ1) is 22.3. The van der Waals surface area contributed by atoms with E-state index in [4.69, 9.17) is 0 Å². The highest BCUT2D eigenvalue weighted by Crippen LogP contribution is 2.31. The van der Waals surface area contributed by atoms with Gasteiger partial charge in [0.25, 0.3) is 0 Å². The summed E-state index contributed by atoms with van der Waals surface area (Å²) in [5.41, 5.74) is 2.83. The molecule has 0 aliphatic heterocycles. The van der Waals surface area contributed by atoms with E-state index >= 15 is 0 Å². The number of rotatable bonds is 9. The lowest BCUT2D eigenvalue weighted by molar-refractivity contribution is -0.116. The van der Waals surface area contributed by atoms with Gasteiger partial charge in [-0.3, -0.25) is 9.59 Å². The van der Waals surface area contributed by atoms with Crippen LogP contribution in [0, 0.1) is 6.92 Å². The van der Waals surface area contributed by atoms with Gasteiger partial charge in [0.05, 0.1) is 15.5 Å². The van der Waals surface area contributed by atoms with Gasteiger partial charge in [-0.2, -0.15) is 0 Å². The van der Waals surface area contributed by atoms with Gasteiger partial charge in [0.1, 0.15) is 0 Å². The molecule has 0 radical (unpaired) electrons. The number of unbranched alkanes of at least 4 members (excludes halogenated alkanes) is 1. The zero-order valence-electron chi connectivity index (χ0n) is 17.5. The minimum atomic E-state index is -0.246. The molecule has 0 fully saturated rings. The highest BCUT2D eigenvalue weighted by atomic mass is 32.2. The summed E-state index contributed by atoms with van der Waals surface area (Å²) in [5.74, 6) is -0.0366. The van der Waals surface area contributed by atoms with Crippen molar-refractivity contribution in [1.29, 1.82) is 0 Å². The highest BCUT2D eigenvalue weighted by Gasteiger charge is 2.20. The third-order valence-electron chi connectivity index (χ3n) is 4.59. The number of benzene rings is 2. The average Bonchev–Trinajstić information content (AvgIpc) is 3.11. The Balaban J connectivity index is 1.64. The predicted molar refractivity (Wildman–Crippen MR) is 128 cm³/mol. The summed E-state index contributed by atoms with van der Waals surface area (Å²) in [6.45, 7) is 6.10. The Morgan fingerprint density at radius 2 is 1.97 bits per heavy atom.